The zero-order valence-corrected chi connectivity index (χ0v) is 16.2. The minimum atomic E-state index is -0.132. The molecular weight excluding hydrogens is 338 g/mol. The summed E-state index contributed by atoms with van der Waals surface area (Å²) in [6.45, 7) is 3.99. The van der Waals surface area contributed by atoms with Gasteiger partial charge in [-0.25, -0.2) is 0 Å². The lowest BCUT2D eigenvalue weighted by Crippen LogP contribution is -2.28. The highest BCUT2D eigenvalue weighted by atomic mass is 16.5. The van der Waals surface area contributed by atoms with Crippen molar-refractivity contribution in [1.82, 2.24) is 5.32 Å². The van der Waals surface area contributed by atoms with Crippen molar-refractivity contribution in [2.75, 3.05) is 14.2 Å². The monoisotopic (exact) mass is 363 g/mol. The summed E-state index contributed by atoms with van der Waals surface area (Å²) in [7, 11) is 3.23. The van der Waals surface area contributed by atoms with E-state index in [1.54, 1.807) is 14.2 Å². The maximum atomic E-state index is 12.7. The number of aryl methyl sites for hydroxylation is 1. The van der Waals surface area contributed by atoms with E-state index in [0.29, 0.717) is 17.9 Å². The minimum absolute atomic E-state index is 0.00645. The lowest BCUT2D eigenvalue weighted by atomic mass is 10.00. The second-order valence-electron chi connectivity index (χ2n) is 6.67. The predicted molar refractivity (Wildman–Crippen MR) is 108 cm³/mol. The first-order valence-corrected chi connectivity index (χ1v) is 9.02. The molecule has 0 radical (unpaired) electrons. The molecule has 1 N–H and O–H groups in total. The van der Waals surface area contributed by atoms with Crippen LogP contribution < -0.4 is 14.8 Å². The highest BCUT2D eigenvalue weighted by Gasteiger charge is 2.16. The quantitative estimate of drug-likeness (QED) is 0.697. The van der Waals surface area contributed by atoms with Gasteiger partial charge in [0.05, 0.1) is 26.7 Å². The van der Waals surface area contributed by atoms with Gasteiger partial charge in [0, 0.05) is 0 Å². The maximum Gasteiger partial charge on any atom is 0.224 e. The molecule has 4 nitrogen and oxygen atoms in total. The van der Waals surface area contributed by atoms with Crippen LogP contribution >= 0.6 is 0 Å². The Morgan fingerprint density at radius 1 is 1.00 bits per heavy atom. The van der Waals surface area contributed by atoms with E-state index in [2.05, 4.69) is 23.5 Å². The average molecular weight is 363 g/mol. The number of methoxy groups -OCH3 is 2. The Hall–Kier alpha value is -3.01. The summed E-state index contributed by atoms with van der Waals surface area (Å²) in [6.07, 6.45) is 0.345. The van der Waals surface area contributed by atoms with E-state index in [1.807, 2.05) is 50.2 Å². The number of amides is 1. The molecular formula is C23H25NO3. The number of nitrogens with one attached hydrogen (secondary N) is 1. The lowest BCUT2D eigenvalue weighted by Gasteiger charge is -2.19. The number of carbonyl (C=O) groups is 1. The van der Waals surface area contributed by atoms with Crippen molar-refractivity contribution >= 4 is 16.7 Å². The number of rotatable bonds is 6. The smallest absolute Gasteiger partial charge is 0.224 e. The third-order valence-electron chi connectivity index (χ3n) is 4.85. The SMILES string of the molecule is COc1cc(C)c(C(C)NC(=O)Cc2cccc3ccccc23)cc1OC. The molecule has 0 aromatic heterocycles. The molecule has 3 aromatic rings. The predicted octanol–water partition coefficient (Wildman–Crippen LogP) is 4.59. The Balaban J connectivity index is 1.78. The van der Waals surface area contributed by atoms with Gasteiger partial charge in [-0.15, -0.1) is 0 Å². The van der Waals surface area contributed by atoms with Gasteiger partial charge in [0.15, 0.2) is 11.5 Å². The molecule has 0 spiro atoms. The summed E-state index contributed by atoms with van der Waals surface area (Å²) < 4.78 is 10.7. The van der Waals surface area contributed by atoms with E-state index in [1.165, 1.54) is 0 Å². The molecule has 0 heterocycles. The third-order valence-corrected chi connectivity index (χ3v) is 4.85. The van der Waals surface area contributed by atoms with Crippen LogP contribution in [0, 0.1) is 6.92 Å². The summed E-state index contributed by atoms with van der Waals surface area (Å²) in [5.74, 6) is 1.34. The molecule has 4 heteroatoms. The van der Waals surface area contributed by atoms with Crippen molar-refractivity contribution < 1.29 is 14.3 Å². The lowest BCUT2D eigenvalue weighted by molar-refractivity contribution is -0.121. The molecule has 3 aromatic carbocycles. The van der Waals surface area contributed by atoms with E-state index < -0.39 is 0 Å². The van der Waals surface area contributed by atoms with E-state index in [9.17, 15) is 4.79 Å². The Morgan fingerprint density at radius 2 is 1.67 bits per heavy atom. The van der Waals surface area contributed by atoms with Gasteiger partial charge in [0.25, 0.3) is 0 Å². The Labute approximate surface area is 160 Å². The van der Waals surface area contributed by atoms with Crippen molar-refractivity contribution in [2.45, 2.75) is 26.3 Å². The third kappa shape index (κ3) is 4.05. The molecule has 0 saturated carbocycles. The zero-order valence-electron chi connectivity index (χ0n) is 16.2. The largest absolute Gasteiger partial charge is 0.493 e. The van der Waals surface area contributed by atoms with Gasteiger partial charge in [-0.2, -0.15) is 0 Å². The van der Waals surface area contributed by atoms with Gasteiger partial charge in [0.2, 0.25) is 5.91 Å². The van der Waals surface area contributed by atoms with Gasteiger partial charge >= 0.3 is 0 Å². The maximum absolute atomic E-state index is 12.7. The molecule has 0 aliphatic heterocycles. The van der Waals surface area contributed by atoms with Crippen LogP contribution in [0.5, 0.6) is 11.5 Å². The van der Waals surface area contributed by atoms with Crippen molar-refractivity contribution in [1.29, 1.82) is 0 Å². The summed E-state index contributed by atoms with van der Waals surface area (Å²) in [5, 5.41) is 5.36. The van der Waals surface area contributed by atoms with Crippen LogP contribution in [0.1, 0.15) is 29.7 Å². The molecule has 0 fully saturated rings. The fourth-order valence-electron chi connectivity index (χ4n) is 3.45. The van der Waals surface area contributed by atoms with Crippen LogP contribution in [-0.2, 0) is 11.2 Å². The van der Waals surface area contributed by atoms with Crippen LogP contribution in [0.2, 0.25) is 0 Å². The van der Waals surface area contributed by atoms with Crippen molar-refractivity contribution in [3.8, 4) is 11.5 Å². The van der Waals surface area contributed by atoms with Crippen molar-refractivity contribution in [3.05, 3.63) is 71.3 Å². The number of fused-ring (bicyclic) bond motifs is 1. The van der Waals surface area contributed by atoms with Gasteiger partial charge in [-0.05, 0) is 53.4 Å². The van der Waals surface area contributed by atoms with Gasteiger partial charge in [0.1, 0.15) is 0 Å². The minimum Gasteiger partial charge on any atom is -0.493 e. The first kappa shape index (κ1) is 18.8. The van der Waals surface area contributed by atoms with Crippen LogP contribution in [-0.4, -0.2) is 20.1 Å². The molecule has 0 aliphatic rings. The van der Waals surface area contributed by atoms with Crippen LogP contribution in [0.25, 0.3) is 10.8 Å². The summed E-state index contributed by atoms with van der Waals surface area (Å²) in [4.78, 5) is 12.7. The van der Waals surface area contributed by atoms with E-state index in [0.717, 1.165) is 27.5 Å². The number of ether oxygens (including phenoxy) is 2. The standard InChI is InChI=1S/C23H25NO3/c1-15-12-21(26-3)22(27-4)14-20(15)16(2)24-23(25)13-18-10-7-9-17-8-5-6-11-19(17)18/h5-12,14,16H,13H2,1-4H3,(H,24,25). The number of hydrogen-bond donors (Lipinski definition) is 1. The van der Waals surface area contributed by atoms with E-state index >= 15 is 0 Å². The van der Waals surface area contributed by atoms with Crippen LogP contribution in [0.3, 0.4) is 0 Å². The molecule has 0 bridgehead atoms. The van der Waals surface area contributed by atoms with E-state index in [-0.39, 0.29) is 11.9 Å². The first-order chi connectivity index (χ1) is 13.0. The fourth-order valence-corrected chi connectivity index (χ4v) is 3.45. The van der Waals surface area contributed by atoms with Gasteiger partial charge < -0.3 is 14.8 Å². The average Bonchev–Trinajstić information content (AvgIpc) is 2.67. The summed E-state index contributed by atoms with van der Waals surface area (Å²) in [5.41, 5.74) is 3.09. The molecule has 1 amide bonds. The topological polar surface area (TPSA) is 47.6 Å². The summed E-state index contributed by atoms with van der Waals surface area (Å²) >= 11 is 0. The van der Waals surface area contributed by atoms with E-state index in [4.69, 9.17) is 9.47 Å². The van der Waals surface area contributed by atoms with Crippen LogP contribution in [0.15, 0.2) is 54.6 Å². The Morgan fingerprint density at radius 3 is 2.41 bits per heavy atom. The highest BCUT2D eigenvalue weighted by molar-refractivity contribution is 5.90. The molecule has 3 rings (SSSR count). The van der Waals surface area contributed by atoms with Crippen molar-refractivity contribution in [3.63, 3.8) is 0 Å². The first-order valence-electron chi connectivity index (χ1n) is 9.02. The molecule has 1 atom stereocenters. The fraction of sp³-hybridized carbons (Fsp3) is 0.261. The molecule has 27 heavy (non-hydrogen) atoms. The van der Waals surface area contributed by atoms with Gasteiger partial charge in [-0.3, -0.25) is 4.79 Å². The Bertz CT molecular complexity index is 960. The molecule has 140 valence electrons. The van der Waals surface area contributed by atoms with Crippen LogP contribution in [0.4, 0.5) is 0 Å². The second kappa shape index (κ2) is 8.12. The second-order valence-corrected chi connectivity index (χ2v) is 6.67. The molecule has 1 unspecified atom stereocenters. The molecule has 0 saturated heterocycles. The number of hydrogen-bond acceptors (Lipinski definition) is 3. The number of carbonyl (C=O) groups excluding carboxylic acids is 1. The highest BCUT2D eigenvalue weighted by Crippen LogP contribution is 2.33. The van der Waals surface area contributed by atoms with Gasteiger partial charge in [-0.1, -0.05) is 42.5 Å². The Kier molecular flexibility index (Phi) is 5.65. The molecule has 0 aliphatic carbocycles. The normalized spacial score (nSPS) is 11.9. The zero-order chi connectivity index (χ0) is 19.4. The summed E-state index contributed by atoms with van der Waals surface area (Å²) in [6, 6.07) is 17.9. The van der Waals surface area contributed by atoms with Crippen molar-refractivity contribution in [2.24, 2.45) is 0 Å². The number of benzene rings is 3.